The van der Waals surface area contributed by atoms with Crippen LogP contribution in [0, 0.1) is 5.92 Å². The molecule has 0 aliphatic carbocycles. The van der Waals surface area contributed by atoms with Gasteiger partial charge in [-0.25, -0.2) is 4.98 Å². The van der Waals surface area contributed by atoms with Crippen LogP contribution < -0.4 is 16.8 Å². The van der Waals surface area contributed by atoms with Crippen molar-refractivity contribution in [3.8, 4) is 0 Å². The van der Waals surface area contributed by atoms with Gasteiger partial charge in [-0.05, 0) is 12.0 Å². The largest absolute Gasteiger partial charge is 0.397 e. The second-order valence-corrected chi connectivity index (χ2v) is 3.96. The average molecular weight is 238 g/mol. The summed E-state index contributed by atoms with van der Waals surface area (Å²) >= 11 is 0. The third-order valence-corrected chi connectivity index (χ3v) is 2.28. The van der Waals surface area contributed by atoms with E-state index in [2.05, 4.69) is 10.3 Å². The molecule has 6 nitrogen and oxygen atoms in total. The zero-order chi connectivity index (χ0) is 12.8. The lowest BCUT2D eigenvalue weighted by atomic mass is 10.2. The first kappa shape index (κ1) is 13.2. The maximum atomic E-state index is 11.1. The molecule has 0 bridgehead atoms. The van der Waals surface area contributed by atoms with E-state index in [-0.39, 0.29) is 11.3 Å². The molecule has 0 spiro atoms. The molecule has 1 amide bonds. The molecule has 17 heavy (non-hydrogen) atoms. The van der Waals surface area contributed by atoms with Crippen LogP contribution in [0.1, 0.15) is 17.3 Å². The molecule has 94 valence electrons. The highest BCUT2D eigenvalue weighted by molar-refractivity contribution is 5.98. The van der Waals surface area contributed by atoms with Crippen molar-refractivity contribution in [1.82, 2.24) is 4.98 Å². The van der Waals surface area contributed by atoms with Crippen LogP contribution in [0.25, 0.3) is 0 Å². The van der Waals surface area contributed by atoms with Crippen LogP contribution in [0.3, 0.4) is 0 Å². The first-order valence-corrected chi connectivity index (χ1v) is 5.32. The Morgan fingerprint density at radius 2 is 2.35 bits per heavy atom. The lowest BCUT2D eigenvalue weighted by Crippen LogP contribution is -2.18. The highest BCUT2D eigenvalue weighted by Crippen LogP contribution is 2.14. The number of hydrogen-bond donors (Lipinski definition) is 3. The van der Waals surface area contributed by atoms with Crippen molar-refractivity contribution in [3.05, 3.63) is 17.8 Å². The van der Waals surface area contributed by atoms with Gasteiger partial charge in [-0.1, -0.05) is 6.92 Å². The van der Waals surface area contributed by atoms with E-state index in [4.69, 9.17) is 16.2 Å². The molecule has 1 atom stereocenters. The van der Waals surface area contributed by atoms with Gasteiger partial charge in [0.25, 0.3) is 5.91 Å². The number of amides is 1. The number of primary amides is 1. The lowest BCUT2D eigenvalue weighted by Gasteiger charge is -2.12. The first-order chi connectivity index (χ1) is 8.04. The Kier molecular flexibility index (Phi) is 4.71. The molecule has 1 aromatic rings. The number of nitrogen functional groups attached to an aromatic ring is 1. The van der Waals surface area contributed by atoms with Crippen molar-refractivity contribution in [2.45, 2.75) is 6.92 Å². The normalized spacial score (nSPS) is 12.1. The Hall–Kier alpha value is -1.82. The van der Waals surface area contributed by atoms with E-state index in [9.17, 15) is 4.79 Å². The summed E-state index contributed by atoms with van der Waals surface area (Å²) in [4.78, 5) is 15.1. The molecule has 5 N–H and O–H groups in total. The van der Waals surface area contributed by atoms with E-state index in [1.165, 1.54) is 6.20 Å². The van der Waals surface area contributed by atoms with Gasteiger partial charge >= 0.3 is 0 Å². The number of methoxy groups -OCH3 is 1. The average Bonchev–Trinajstić information content (AvgIpc) is 2.28. The topological polar surface area (TPSA) is 103 Å². The van der Waals surface area contributed by atoms with Crippen LogP contribution in [0.4, 0.5) is 11.5 Å². The van der Waals surface area contributed by atoms with Crippen LogP contribution in [-0.4, -0.2) is 31.2 Å². The minimum Gasteiger partial charge on any atom is -0.397 e. The SMILES string of the molecule is COCC(C)CNc1cc(C(N)=O)c(N)cn1. The minimum absolute atomic E-state index is 0.280. The van der Waals surface area contributed by atoms with Crippen molar-refractivity contribution in [2.24, 2.45) is 11.7 Å². The molecule has 0 fully saturated rings. The van der Waals surface area contributed by atoms with Gasteiger partial charge < -0.3 is 21.5 Å². The molecule has 1 heterocycles. The zero-order valence-electron chi connectivity index (χ0n) is 10.1. The molecule has 0 aromatic carbocycles. The fourth-order valence-corrected chi connectivity index (χ4v) is 1.40. The van der Waals surface area contributed by atoms with Crippen molar-refractivity contribution >= 4 is 17.4 Å². The number of ether oxygens (including phenoxy) is 1. The van der Waals surface area contributed by atoms with Crippen molar-refractivity contribution in [1.29, 1.82) is 0 Å². The van der Waals surface area contributed by atoms with Gasteiger partial charge in [-0.15, -0.1) is 0 Å². The molecular formula is C11H18N4O2. The predicted molar refractivity (Wildman–Crippen MR) is 66.7 cm³/mol. The van der Waals surface area contributed by atoms with Gasteiger partial charge in [0.05, 0.1) is 24.1 Å². The first-order valence-electron chi connectivity index (χ1n) is 5.32. The predicted octanol–water partition coefficient (Wildman–Crippen LogP) is 0.457. The summed E-state index contributed by atoms with van der Waals surface area (Å²) in [6.45, 7) is 3.40. The molecular weight excluding hydrogens is 220 g/mol. The Bertz CT molecular complexity index is 395. The van der Waals surface area contributed by atoms with E-state index in [1.807, 2.05) is 6.92 Å². The smallest absolute Gasteiger partial charge is 0.250 e. The summed E-state index contributed by atoms with van der Waals surface area (Å²) < 4.78 is 5.02. The molecule has 0 saturated carbocycles. The Morgan fingerprint density at radius 3 is 2.94 bits per heavy atom. The van der Waals surface area contributed by atoms with Crippen LogP contribution in [0.15, 0.2) is 12.3 Å². The number of carbonyl (C=O) groups excluding carboxylic acids is 1. The monoisotopic (exact) mass is 238 g/mol. The minimum atomic E-state index is -0.558. The van der Waals surface area contributed by atoms with Gasteiger partial charge in [-0.3, -0.25) is 4.79 Å². The van der Waals surface area contributed by atoms with Crippen LogP contribution in [0.2, 0.25) is 0 Å². The molecule has 0 aliphatic rings. The van der Waals surface area contributed by atoms with Gasteiger partial charge in [0, 0.05) is 13.7 Å². The van der Waals surface area contributed by atoms with Gasteiger partial charge in [0.2, 0.25) is 0 Å². The Labute approximate surface area is 100 Å². The quantitative estimate of drug-likeness (QED) is 0.668. The number of anilines is 2. The highest BCUT2D eigenvalue weighted by atomic mass is 16.5. The van der Waals surface area contributed by atoms with E-state index in [0.717, 1.165) is 0 Å². The van der Waals surface area contributed by atoms with Gasteiger partial charge in [-0.2, -0.15) is 0 Å². The summed E-state index contributed by atoms with van der Waals surface area (Å²) in [5.41, 5.74) is 11.3. The molecule has 1 aromatic heterocycles. The second-order valence-electron chi connectivity index (χ2n) is 3.96. The number of aromatic nitrogens is 1. The van der Waals surface area contributed by atoms with Gasteiger partial charge in [0.15, 0.2) is 0 Å². The summed E-state index contributed by atoms with van der Waals surface area (Å²) in [5.74, 6) is 0.366. The van der Waals surface area contributed by atoms with E-state index in [1.54, 1.807) is 13.2 Å². The number of rotatable bonds is 6. The highest BCUT2D eigenvalue weighted by Gasteiger charge is 2.08. The molecule has 1 unspecified atom stereocenters. The number of hydrogen-bond acceptors (Lipinski definition) is 5. The second kappa shape index (κ2) is 6.05. The third kappa shape index (κ3) is 3.92. The van der Waals surface area contributed by atoms with Crippen LogP contribution >= 0.6 is 0 Å². The third-order valence-electron chi connectivity index (χ3n) is 2.28. The number of nitrogens with zero attached hydrogens (tertiary/aromatic N) is 1. The fourth-order valence-electron chi connectivity index (χ4n) is 1.40. The summed E-state index contributed by atoms with van der Waals surface area (Å²) in [6.07, 6.45) is 1.42. The van der Waals surface area contributed by atoms with E-state index >= 15 is 0 Å². The maximum absolute atomic E-state index is 11.1. The van der Waals surface area contributed by atoms with Crippen molar-refractivity contribution in [2.75, 3.05) is 31.3 Å². The molecule has 0 aliphatic heterocycles. The molecule has 1 rings (SSSR count). The molecule has 6 heteroatoms. The summed E-state index contributed by atoms with van der Waals surface area (Å²) in [7, 11) is 1.66. The standard InChI is InChI=1S/C11H18N4O2/c1-7(6-17-2)4-14-10-3-8(11(13)16)9(12)5-15-10/h3,5,7H,4,6,12H2,1-2H3,(H2,13,16)(H,14,15). The Balaban J connectivity index is 2.66. The number of nitrogens with one attached hydrogen (secondary N) is 1. The van der Waals surface area contributed by atoms with Gasteiger partial charge in [0.1, 0.15) is 5.82 Å². The van der Waals surface area contributed by atoms with Crippen LogP contribution in [0.5, 0.6) is 0 Å². The number of carbonyl (C=O) groups is 1. The summed E-state index contributed by atoms with van der Waals surface area (Å²) in [6, 6.07) is 1.55. The van der Waals surface area contributed by atoms with Crippen LogP contribution in [-0.2, 0) is 4.74 Å². The Morgan fingerprint density at radius 1 is 1.65 bits per heavy atom. The lowest BCUT2D eigenvalue weighted by molar-refractivity contribution is 0.100. The fraction of sp³-hybridized carbons (Fsp3) is 0.455. The zero-order valence-corrected chi connectivity index (χ0v) is 10.1. The maximum Gasteiger partial charge on any atom is 0.250 e. The molecule has 0 radical (unpaired) electrons. The van der Waals surface area contributed by atoms with E-state index in [0.29, 0.717) is 24.9 Å². The van der Waals surface area contributed by atoms with Crippen molar-refractivity contribution < 1.29 is 9.53 Å². The van der Waals surface area contributed by atoms with Crippen molar-refractivity contribution in [3.63, 3.8) is 0 Å². The number of nitrogens with two attached hydrogens (primary N) is 2. The summed E-state index contributed by atoms with van der Waals surface area (Å²) in [5, 5.41) is 3.10. The number of pyridine rings is 1. The van der Waals surface area contributed by atoms with E-state index < -0.39 is 5.91 Å². The molecule has 0 saturated heterocycles.